The first-order valence-electron chi connectivity index (χ1n) is 4.38. The van der Waals surface area contributed by atoms with Crippen LogP contribution >= 0.6 is 11.6 Å². The minimum absolute atomic E-state index is 0.176. The molecule has 0 aromatic heterocycles. The lowest BCUT2D eigenvalue weighted by Crippen LogP contribution is -2.34. The molecule has 1 unspecified atom stereocenters. The van der Waals surface area contributed by atoms with E-state index in [0.29, 0.717) is 5.92 Å². The summed E-state index contributed by atoms with van der Waals surface area (Å²) in [6.07, 6.45) is 3.16. The molecule has 0 spiro atoms. The average Bonchev–Trinajstić information content (AvgIpc) is 1.97. The SMILES string of the molecule is CC1=CC(Cl)=C2CC1[C@H]2CC(=O)O. The van der Waals surface area contributed by atoms with Gasteiger partial charge in [-0.05, 0) is 36.8 Å². The summed E-state index contributed by atoms with van der Waals surface area (Å²) >= 11 is 5.99. The van der Waals surface area contributed by atoms with E-state index in [1.165, 1.54) is 5.57 Å². The number of carbonyl (C=O) groups is 1. The predicted molar refractivity (Wildman–Crippen MR) is 50.5 cm³/mol. The molecule has 1 N–H and O–H groups in total. The zero-order valence-electron chi connectivity index (χ0n) is 7.38. The van der Waals surface area contributed by atoms with Crippen molar-refractivity contribution in [1.29, 1.82) is 0 Å². The molecule has 2 nitrogen and oxygen atoms in total. The summed E-state index contributed by atoms with van der Waals surface area (Å²) in [6, 6.07) is 0. The molecule has 2 bridgehead atoms. The second-order valence-electron chi connectivity index (χ2n) is 3.78. The van der Waals surface area contributed by atoms with Gasteiger partial charge in [0.05, 0.1) is 6.42 Å². The van der Waals surface area contributed by atoms with Crippen LogP contribution in [0.2, 0.25) is 0 Å². The second kappa shape index (κ2) is 2.88. The maximum atomic E-state index is 10.6. The minimum Gasteiger partial charge on any atom is -0.481 e. The predicted octanol–water partition coefficient (Wildman–Crippen LogP) is 2.55. The highest BCUT2D eigenvalue weighted by Crippen LogP contribution is 2.52. The summed E-state index contributed by atoms with van der Waals surface area (Å²) in [5, 5.41) is 9.46. The first-order chi connectivity index (χ1) is 6.09. The number of fused-ring (bicyclic) bond motifs is 1. The lowest BCUT2D eigenvalue weighted by atomic mass is 9.62. The maximum absolute atomic E-state index is 10.6. The van der Waals surface area contributed by atoms with Gasteiger partial charge in [-0.25, -0.2) is 0 Å². The van der Waals surface area contributed by atoms with Crippen molar-refractivity contribution < 1.29 is 9.90 Å². The van der Waals surface area contributed by atoms with Crippen molar-refractivity contribution in [2.24, 2.45) is 11.8 Å². The van der Waals surface area contributed by atoms with Crippen LogP contribution < -0.4 is 0 Å². The van der Waals surface area contributed by atoms with Gasteiger partial charge in [0.2, 0.25) is 0 Å². The molecule has 0 aromatic rings. The quantitative estimate of drug-likeness (QED) is 0.741. The molecule has 13 heavy (non-hydrogen) atoms. The summed E-state index contributed by atoms with van der Waals surface area (Å²) in [7, 11) is 0. The van der Waals surface area contributed by atoms with Crippen molar-refractivity contribution in [3.05, 3.63) is 22.3 Å². The van der Waals surface area contributed by atoms with Crippen molar-refractivity contribution in [2.75, 3.05) is 0 Å². The molecule has 2 atom stereocenters. The Morgan fingerprint density at radius 3 is 2.92 bits per heavy atom. The van der Waals surface area contributed by atoms with Gasteiger partial charge < -0.3 is 5.11 Å². The highest BCUT2D eigenvalue weighted by atomic mass is 35.5. The van der Waals surface area contributed by atoms with Gasteiger partial charge in [-0.3, -0.25) is 4.79 Å². The molecule has 70 valence electrons. The fraction of sp³-hybridized carbons (Fsp3) is 0.500. The number of hydrogen-bond donors (Lipinski definition) is 1. The smallest absolute Gasteiger partial charge is 0.303 e. The van der Waals surface area contributed by atoms with Crippen molar-refractivity contribution in [3.8, 4) is 0 Å². The Morgan fingerprint density at radius 1 is 1.77 bits per heavy atom. The molecule has 0 aliphatic heterocycles. The molecule has 0 amide bonds. The van der Waals surface area contributed by atoms with Gasteiger partial charge in [-0.15, -0.1) is 0 Å². The third-order valence-electron chi connectivity index (χ3n) is 3.01. The summed E-state index contributed by atoms with van der Waals surface area (Å²) < 4.78 is 0. The molecule has 1 saturated carbocycles. The molecule has 3 heteroatoms. The maximum Gasteiger partial charge on any atom is 0.303 e. The third kappa shape index (κ3) is 1.29. The average molecular weight is 199 g/mol. The van der Waals surface area contributed by atoms with Crippen LogP contribution in [0.4, 0.5) is 0 Å². The highest BCUT2D eigenvalue weighted by molar-refractivity contribution is 6.32. The van der Waals surface area contributed by atoms with Gasteiger partial charge in [0.25, 0.3) is 0 Å². The van der Waals surface area contributed by atoms with Gasteiger partial charge >= 0.3 is 5.97 Å². The van der Waals surface area contributed by atoms with Crippen molar-refractivity contribution >= 4 is 17.6 Å². The Balaban J connectivity index is 2.20. The van der Waals surface area contributed by atoms with Gasteiger partial charge in [0.15, 0.2) is 0 Å². The molecule has 0 aromatic carbocycles. The number of carboxylic acids is 1. The van der Waals surface area contributed by atoms with E-state index in [-0.39, 0.29) is 12.3 Å². The number of halogens is 1. The van der Waals surface area contributed by atoms with Crippen LogP contribution in [-0.2, 0) is 4.79 Å². The van der Waals surface area contributed by atoms with Crippen molar-refractivity contribution in [2.45, 2.75) is 19.8 Å². The van der Waals surface area contributed by atoms with Crippen LogP contribution in [0.5, 0.6) is 0 Å². The molecule has 0 saturated heterocycles. The van der Waals surface area contributed by atoms with Crippen LogP contribution in [0, 0.1) is 11.8 Å². The Morgan fingerprint density at radius 2 is 2.46 bits per heavy atom. The first kappa shape index (κ1) is 8.82. The lowest BCUT2D eigenvalue weighted by molar-refractivity contribution is -0.138. The molecular formula is C10H11ClO2. The Bertz CT molecular complexity index is 328. The molecule has 3 aliphatic carbocycles. The van der Waals surface area contributed by atoms with Crippen molar-refractivity contribution in [3.63, 3.8) is 0 Å². The number of allylic oxidation sites excluding steroid dienone is 4. The molecule has 3 rings (SSSR count). The zero-order valence-corrected chi connectivity index (χ0v) is 8.14. The third-order valence-corrected chi connectivity index (χ3v) is 3.37. The minimum atomic E-state index is -0.730. The van der Waals surface area contributed by atoms with E-state index in [1.807, 2.05) is 13.0 Å². The number of rotatable bonds is 2. The number of aliphatic carboxylic acids is 1. The van der Waals surface area contributed by atoms with E-state index in [1.54, 1.807) is 0 Å². The van der Waals surface area contributed by atoms with Crippen LogP contribution in [0.25, 0.3) is 0 Å². The fourth-order valence-electron chi connectivity index (χ4n) is 2.22. The number of hydrogen-bond acceptors (Lipinski definition) is 1. The molecule has 3 aliphatic rings. The van der Waals surface area contributed by atoms with E-state index in [0.717, 1.165) is 17.0 Å². The largest absolute Gasteiger partial charge is 0.481 e. The summed E-state index contributed by atoms with van der Waals surface area (Å²) in [5.41, 5.74) is 2.37. The highest BCUT2D eigenvalue weighted by Gasteiger charge is 2.42. The lowest BCUT2D eigenvalue weighted by Gasteiger charge is -2.43. The Hall–Kier alpha value is -0.760. The van der Waals surface area contributed by atoms with Gasteiger partial charge in [0.1, 0.15) is 0 Å². The molecule has 0 heterocycles. The standard InChI is InChI=1S/C10H11ClO2/c1-5-2-9(11)8-3-6(5)7(8)4-10(12)13/h2,6-7H,3-4H2,1H3,(H,12,13)/t6?,7-/m1/s1. The molecule has 1 fully saturated rings. The Labute approximate surface area is 81.9 Å². The van der Waals surface area contributed by atoms with Gasteiger partial charge in [-0.1, -0.05) is 17.2 Å². The van der Waals surface area contributed by atoms with E-state index in [4.69, 9.17) is 16.7 Å². The fourth-order valence-corrected chi connectivity index (χ4v) is 2.61. The summed E-state index contributed by atoms with van der Waals surface area (Å²) in [6.45, 7) is 2.03. The monoisotopic (exact) mass is 198 g/mol. The van der Waals surface area contributed by atoms with E-state index in [2.05, 4.69) is 0 Å². The van der Waals surface area contributed by atoms with Crippen molar-refractivity contribution in [1.82, 2.24) is 0 Å². The van der Waals surface area contributed by atoms with E-state index < -0.39 is 5.97 Å². The first-order valence-corrected chi connectivity index (χ1v) is 4.76. The number of carboxylic acid groups (broad SMARTS) is 1. The molecular weight excluding hydrogens is 188 g/mol. The zero-order chi connectivity index (χ0) is 9.59. The summed E-state index contributed by atoms with van der Waals surface area (Å²) in [5.74, 6) is -0.116. The summed E-state index contributed by atoms with van der Waals surface area (Å²) in [4.78, 5) is 10.6. The van der Waals surface area contributed by atoms with Crippen LogP contribution in [-0.4, -0.2) is 11.1 Å². The van der Waals surface area contributed by atoms with Gasteiger partial charge in [-0.2, -0.15) is 0 Å². The van der Waals surface area contributed by atoms with E-state index >= 15 is 0 Å². The van der Waals surface area contributed by atoms with Crippen LogP contribution in [0.15, 0.2) is 22.3 Å². The van der Waals surface area contributed by atoms with E-state index in [9.17, 15) is 4.79 Å². The normalized spacial score (nSPS) is 31.1. The molecule has 0 radical (unpaired) electrons. The topological polar surface area (TPSA) is 37.3 Å². The van der Waals surface area contributed by atoms with Crippen LogP contribution in [0.1, 0.15) is 19.8 Å². The Kier molecular flexibility index (Phi) is 1.95. The van der Waals surface area contributed by atoms with Crippen LogP contribution in [0.3, 0.4) is 0 Å². The van der Waals surface area contributed by atoms with Gasteiger partial charge in [0, 0.05) is 5.03 Å². The second-order valence-corrected chi connectivity index (χ2v) is 4.18.